The van der Waals surface area contributed by atoms with Gasteiger partial charge in [0.05, 0.1) is 0 Å². The van der Waals surface area contributed by atoms with Crippen molar-refractivity contribution in [1.29, 1.82) is 0 Å². The summed E-state index contributed by atoms with van der Waals surface area (Å²) in [5.41, 5.74) is 7.56. The Morgan fingerprint density at radius 3 is 1.35 bits per heavy atom. The second kappa shape index (κ2) is 11.7. The maximum Gasteiger partial charge on any atom is 0.164 e. The molecular weight excluding hydrogens is 583 g/mol. The highest BCUT2D eigenvalue weighted by atomic mass is 15.0. The van der Waals surface area contributed by atoms with Crippen molar-refractivity contribution in [2.75, 3.05) is 0 Å². The molecule has 48 heavy (non-hydrogen) atoms. The van der Waals surface area contributed by atoms with Crippen LogP contribution in [0.5, 0.6) is 0 Å². The van der Waals surface area contributed by atoms with Gasteiger partial charge in [0.25, 0.3) is 0 Å². The number of hydrogen-bond donors (Lipinski definition) is 0. The predicted molar refractivity (Wildman–Crippen MR) is 200 cm³/mol. The largest absolute Gasteiger partial charge is 0.208 e. The monoisotopic (exact) mass is 611 g/mol. The second-order valence-electron chi connectivity index (χ2n) is 12.1. The molecule has 0 amide bonds. The van der Waals surface area contributed by atoms with Crippen LogP contribution in [0.15, 0.2) is 176 Å². The Morgan fingerprint density at radius 1 is 0.250 bits per heavy atom. The van der Waals surface area contributed by atoms with Crippen molar-refractivity contribution in [2.45, 2.75) is 0 Å². The number of nitrogens with zero attached hydrogens (tertiary/aromatic N) is 3. The normalized spacial score (nSPS) is 11.3. The van der Waals surface area contributed by atoms with Crippen LogP contribution in [0.1, 0.15) is 0 Å². The molecule has 0 saturated heterocycles. The molecule has 0 N–H and O–H groups in total. The number of aromatic nitrogens is 3. The summed E-state index contributed by atoms with van der Waals surface area (Å²) in [4.78, 5) is 15.5. The van der Waals surface area contributed by atoms with Crippen molar-refractivity contribution in [3.05, 3.63) is 176 Å². The van der Waals surface area contributed by atoms with Crippen LogP contribution in [0.4, 0.5) is 0 Å². The van der Waals surface area contributed by atoms with Crippen molar-refractivity contribution in [1.82, 2.24) is 15.0 Å². The highest BCUT2D eigenvalue weighted by molar-refractivity contribution is 6.01. The van der Waals surface area contributed by atoms with Gasteiger partial charge in [-0.15, -0.1) is 0 Å². The van der Waals surface area contributed by atoms with Gasteiger partial charge in [-0.25, -0.2) is 15.0 Å². The lowest BCUT2D eigenvalue weighted by atomic mass is 9.92. The third-order valence-electron chi connectivity index (χ3n) is 9.10. The molecule has 0 bridgehead atoms. The van der Waals surface area contributed by atoms with Crippen LogP contribution in [0.3, 0.4) is 0 Å². The Labute approximate surface area is 278 Å². The van der Waals surface area contributed by atoms with Gasteiger partial charge in [-0.1, -0.05) is 158 Å². The van der Waals surface area contributed by atoms with Gasteiger partial charge in [0.1, 0.15) is 0 Å². The minimum atomic E-state index is 0.640. The molecule has 1 aromatic heterocycles. The number of benzene rings is 8. The molecule has 3 nitrogen and oxygen atoms in total. The zero-order valence-corrected chi connectivity index (χ0v) is 26.1. The maximum absolute atomic E-state index is 5.17. The van der Waals surface area contributed by atoms with Crippen molar-refractivity contribution in [3.63, 3.8) is 0 Å². The Hall–Kier alpha value is -6.45. The quantitative estimate of drug-likeness (QED) is 0.194. The van der Waals surface area contributed by atoms with E-state index in [-0.39, 0.29) is 0 Å². The van der Waals surface area contributed by atoms with E-state index in [2.05, 4.69) is 176 Å². The summed E-state index contributed by atoms with van der Waals surface area (Å²) in [6.45, 7) is 0. The van der Waals surface area contributed by atoms with Crippen LogP contribution in [-0.2, 0) is 0 Å². The Morgan fingerprint density at radius 2 is 0.708 bits per heavy atom. The topological polar surface area (TPSA) is 38.7 Å². The van der Waals surface area contributed by atoms with Crippen molar-refractivity contribution < 1.29 is 0 Å². The average molecular weight is 612 g/mol. The highest BCUT2D eigenvalue weighted by Gasteiger charge is 2.17. The first kappa shape index (κ1) is 27.8. The molecule has 0 fully saturated rings. The smallest absolute Gasteiger partial charge is 0.164 e. The van der Waals surface area contributed by atoms with Gasteiger partial charge in [-0.05, 0) is 72.8 Å². The first-order valence-corrected chi connectivity index (χ1v) is 16.2. The first-order valence-electron chi connectivity index (χ1n) is 16.2. The molecule has 8 aromatic carbocycles. The van der Waals surface area contributed by atoms with E-state index in [0.29, 0.717) is 17.5 Å². The molecule has 0 aliphatic heterocycles. The lowest BCUT2D eigenvalue weighted by molar-refractivity contribution is 1.08. The fourth-order valence-electron chi connectivity index (χ4n) is 6.76. The van der Waals surface area contributed by atoms with Crippen molar-refractivity contribution in [3.8, 4) is 56.4 Å². The van der Waals surface area contributed by atoms with Crippen molar-refractivity contribution >= 4 is 32.3 Å². The van der Waals surface area contributed by atoms with Gasteiger partial charge in [-0.3, -0.25) is 0 Å². The van der Waals surface area contributed by atoms with E-state index in [1.165, 1.54) is 27.5 Å². The van der Waals surface area contributed by atoms with E-state index in [1.807, 2.05) is 0 Å². The summed E-state index contributed by atoms with van der Waals surface area (Å²) in [6.07, 6.45) is 0. The minimum Gasteiger partial charge on any atom is -0.208 e. The molecule has 0 saturated carbocycles. The molecule has 0 aliphatic rings. The first-order chi connectivity index (χ1) is 23.8. The van der Waals surface area contributed by atoms with Crippen LogP contribution in [0, 0.1) is 0 Å². The molecule has 0 spiro atoms. The summed E-state index contributed by atoms with van der Waals surface area (Å²) in [6, 6.07) is 61.7. The van der Waals surface area contributed by atoms with Gasteiger partial charge in [-0.2, -0.15) is 0 Å². The molecule has 9 rings (SSSR count). The summed E-state index contributed by atoms with van der Waals surface area (Å²) >= 11 is 0. The molecule has 0 atom stereocenters. The standard InChI is InChI=1S/C45H29N3/c1-2-13-30(14-3-1)36-28-33-17-6-9-24-39(33)42(29-36)34-20-10-21-35(27-34)43-46-44(40-25-11-18-31-15-4-7-22-37(31)40)48-45(47-43)41-26-12-19-32-16-5-8-23-38(32)41/h1-29H. The SMILES string of the molecule is c1ccc(-c2cc(-c3cccc(-c4nc(-c5cccc6ccccc56)nc(-c5cccc6ccccc56)n4)c3)c3ccccc3c2)cc1. The van der Waals surface area contributed by atoms with Gasteiger partial charge < -0.3 is 0 Å². The molecule has 9 aromatic rings. The third-order valence-corrected chi connectivity index (χ3v) is 9.10. The average Bonchev–Trinajstić information content (AvgIpc) is 3.17. The van der Waals surface area contributed by atoms with Gasteiger partial charge in [0, 0.05) is 16.7 Å². The molecule has 1 heterocycles. The summed E-state index contributed by atoms with van der Waals surface area (Å²) in [7, 11) is 0. The van der Waals surface area contributed by atoms with E-state index in [1.54, 1.807) is 0 Å². The fraction of sp³-hybridized carbons (Fsp3) is 0. The van der Waals surface area contributed by atoms with Crippen LogP contribution >= 0.6 is 0 Å². The number of fused-ring (bicyclic) bond motifs is 3. The summed E-state index contributed by atoms with van der Waals surface area (Å²) in [5.74, 6) is 1.95. The molecule has 0 radical (unpaired) electrons. The molecule has 0 aliphatic carbocycles. The van der Waals surface area contributed by atoms with Crippen LogP contribution in [-0.4, -0.2) is 15.0 Å². The Balaban J connectivity index is 1.26. The third kappa shape index (κ3) is 4.99. The number of rotatable bonds is 5. The lowest BCUT2D eigenvalue weighted by Crippen LogP contribution is -2.01. The second-order valence-corrected chi connectivity index (χ2v) is 12.1. The minimum absolute atomic E-state index is 0.640. The van der Waals surface area contributed by atoms with E-state index >= 15 is 0 Å². The van der Waals surface area contributed by atoms with Gasteiger partial charge in [0.2, 0.25) is 0 Å². The summed E-state index contributed by atoms with van der Waals surface area (Å²) in [5, 5.41) is 6.93. The molecule has 3 heteroatoms. The zero-order valence-electron chi connectivity index (χ0n) is 26.1. The zero-order chi connectivity index (χ0) is 31.9. The number of hydrogen-bond acceptors (Lipinski definition) is 3. The molecule has 224 valence electrons. The van der Waals surface area contributed by atoms with Crippen LogP contribution in [0.25, 0.3) is 88.7 Å². The summed E-state index contributed by atoms with van der Waals surface area (Å²) < 4.78 is 0. The van der Waals surface area contributed by atoms with Crippen LogP contribution in [0.2, 0.25) is 0 Å². The van der Waals surface area contributed by atoms with E-state index in [4.69, 9.17) is 15.0 Å². The highest BCUT2D eigenvalue weighted by Crippen LogP contribution is 2.37. The molecule has 0 unspecified atom stereocenters. The van der Waals surface area contributed by atoms with E-state index in [0.717, 1.165) is 43.8 Å². The van der Waals surface area contributed by atoms with E-state index in [9.17, 15) is 0 Å². The maximum atomic E-state index is 5.17. The Bertz CT molecular complexity index is 2520. The van der Waals surface area contributed by atoms with Gasteiger partial charge in [0.15, 0.2) is 17.5 Å². The fourth-order valence-corrected chi connectivity index (χ4v) is 6.76. The van der Waals surface area contributed by atoms with Crippen molar-refractivity contribution in [2.24, 2.45) is 0 Å². The lowest BCUT2D eigenvalue weighted by Gasteiger charge is -2.14. The van der Waals surface area contributed by atoms with E-state index < -0.39 is 0 Å². The van der Waals surface area contributed by atoms with Crippen LogP contribution < -0.4 is 0 Å². The van der Waals surface area contributed by atoms with Gasteiger partial charge >= 0.3 is 0 Å². The predicted octanol–water partition coefficient (Wildman–Crippen LogP) is 11.7. The Kier molecular flexibility index (Phi) is 6.80. The molecular formula is C45H29N3.